The van der Waals surface area contributed by atoms with E-state index in [2.05, 4.69) is 9.80 Å². The minimum absolute atomic E-state index is 0.335. The zero-order valence-corrected chi connectivity index (χ0v) is 17.3. The van der Waals surface area contributed by atoms with E-state index in [1.165, 1.54) is 12.1 Å². The minimum Gasteiger partial charge on any atom is -0.391 e. The van der Waals surface area contributed by atoms with Crippen LogP contribution in [0.2, 0.25) is 10.0 Å². The fourth-order valence-electron chi connectivity index (χ4n) is 3.49. The van der Waals surface area contributed by atoms with Gasteiger partial charge in [0, 0.05) is 39.3 Å². The number of aliphatic hydroxyl groups excluding tert-OH is 1. The summed E-state index contributed by atoms with van der Waals surface area (Å²) in [7, 11) is 0. The van der Waals surface area contributed by atoms with Crippen LogP contribution < -0.4 is 0 Å². The second-order valence-electron chi connectivity index (χ2n) is 7.38. The van der Waals surface area contributed by atoms with Crippen LogP contribution in [0.5, 0.6) is 0 Å². The molecule has 158 valence electrons. The van der Waals surface area contributed by atoms with Gasteiger partial charge in [-0.25, -0.2) is 0 Å². The lowest BCUT2D eigenvalue weighted by atomic mass is 10.0. The number of halogens is 5. The molecule has 0 radical (unpaired) electrons. The van der Waals surface area contributed by atoms with E-state index in [0.29, 0.717) is 28.6 Å². The van der Waals surface area contributed by atoms with Crippen molar-refractivity contribution in [1.29, 1.82) is 0 Å². The summed E-state index contributed by atoms with van der Waals surface area (Å²) in [6.07, 6.45) is -4.62. The largest absolute Gasteiger partial charge is 0.416 e. The van der Waals surface area contributed by atoms with Crippen molar-refractivity contribution in [2.75, 3.05) is 32.7 Å². The highest BCUT2D eigenvalue weighted by Gasteiger charge is 2.30. The average Bonchev–Trinajstić information content (AvgIpc) is 2.66. The summed E-state index contributed by atoms with van der Waals surface area (Å²) in [6, 6.07) is 10.6. The molecule has 2 aromatic carbocycles. The van der Waals surface area contributed by atoms with Gasteiger partial charge < -0.3 is 5.11 Å². The van der Waals surface area contributed by atoms with E-state index in [1.54, 1.807) is 6.07 Å². The number of β-amino-alcohol motifs (C(OH)–C–C–N with tert-alkyl or cyclic N) is 1. The summed E-state index contributed by atoms with van der Waals surface area (Å²) in [4.78, 5) is 4.50. The summed E-state index contributed by atoms with van der Waals surface area (Å²) >= 11 is 12.0. The molecule has 3 nitrogen and oxygen atoms in total. The lowest BCUT2D eigenvalue weighted by molar-refractivity contribution is -0.137. The molecule has 3 rings (SSSR count). The Hall–Kier alpha value is -1.31. The van der Waals surface area contributed by atoms with Gasteiger partial charge in [-0.1, -0.05) is 41.4 Å². The first-order valence-electron chi connectivity index (χ1n) is 9.43. The Morgan fingerprint density at radius 2 is 1.45 bits per heavy atom. The molecule has 2 aromatic rings. The molecule has 29 heavy (non-hydrogen) atoms. The Bertz CT molecular complexity index is 807. The molecule has 0 spiro atoms. The van der Waals surface area contributed by atoms with Crippen LogP contribution in [0.15, 0.2) is 42.5 Å². The van der Waals surface area contributed by atoms with Crippen molar-refractivity contribution in [2.45, 2.75) is 25.2 Å². The van der Waals surface area contributed by atoms with Crippen molar-refractivity contribution in [1.82, 2.24) is 9.80 Å². The number of benzene rings is 2. The van der Waals surface area contributed by atoms with Gasteiger partial charge in [0.05, 0.1) is 21.7 Å². The first-order chi connectivity index (χ1) is 13.7. The molecule has 1 aliphatic heterocycles. The Morgan fingerprint density at radius 1 is 0.862 bits per heavy atom. The van der Waals surface area contributed by atoms with Crippen LogP contribution in [-0.4, -0.2) is 53.7 Å². The Labute approximate surface area is 178 Å². The smallest absolute Gasteiger partial charge is 0.391 e. The fourth-order valence-corrected chi connectivity index (χ4v) is 3.81. The van der Waals surface area contributed by atoms with E-state index < -0.39 is 17.8 Å². The number of nitrogens with zero attached hydrogens (tertiary/aromatic N) is 2. The highest BCUT2D eigenvalue weighted by Crippen LogP contribution is 2.29. The van der Waals surface area contributed by atoms with E-state index >= 15 is 0 Å². The maximum Gasteiger partial charge on any atom is 0.416 e. The second-order valence-corrected chi connectivity index (χ2v) is 8.19. The molecule has 1 heterocycles. The van der Waals surface area contributed by atoms with E-state index in [9.17, 15) is 18.3 Å². The van der Waals surface area contributed by atoms with Gasteiger partial charge in [-0.05, 0) is 41.8 Å². The Morgan fingerprint density at radius 3 is 2.03 bits per heavy atom. The molecule has 1 fully saturated rings. The second kappa shape index (κ2) is 9.67. The molecule has 1 saturated heterocycles. The summed E-state index contributed by atoms with van der Waals surface area (Å²) in [5.41, 5.74) is 1.13. The van der Waals surface area contributed by atoms with E-state index in [4.69, 9.17) is 23.2 Å². The quantitative estimate of drug-likeness (QED) is 0.694. The number of hydrogen-bond donors (Lipinski definition) is 1. The van der Waals surface area contributed by atoms with Gasteiger partial charge in [-0.2, -0.15) is 13.2 Å². The van der Waals surface area contributed by atoms with Crippen LogP contribution in [0.3, 0.4) is 0 Å². The van der Waals surface area contributed by atoms with E-state index in [1.807, 2.05) is 12.1 Å². The van der Waals surface area contributed by atoms with Crippen LogP contribution in [0.4, 0.5) is 13.2 Å². The van der Waals surface area contributed by atoms with Crippen molar-refractivity contribution in [3.05, 3.63) is 69.2 Å². The van der Waals surface area contributed by atoms with Crippen molar-refractivity contribution in [3.63, 3.8) is 0 Å². The number of hydrogen-bond acceptors (Lipinski definition) is 3. The van der Waals surface area contributed by atoms with Crippen molar-refractivity contribution >= 4 is 23.2 Å². The highest BCUT2D eigenvalue weighted by atomic mass is 35.5. The first-order valence-corrected chi connectivity index (χ1v) is 10.2. The number of aliphatic hydroxyl groups is 1. The highest BCUT2D eigenvalue weighted by molar-refractivity contribution is 6.42. The fraction of sp³-hybridized carbons (Fsp3) is 0.429. The van der Waals surface area contributed by atoms with Gasteiger partial charge in [-0.3, -0.25) is 9.80 Å². The molecule has 1 N–H and O–H groups in total. The van der Waals surface area contributed by atoms with Crippen LogP contribution >= 0.6 is 23.2 Å². The molecule has 0 aliphatic carbocycles. The average molecular weight is 447 g/mol. The molecule has 1 atom stereocenters. The summed E-state index contributed by atoms with van der Waals surface area (Å²) in [6.45, 7) is 4.68. The van der Waals surface area contributed by atoms with Gasteiger partial charge in [0.1, 0.15) is 0 Å². The molecular formula is C21H23Cl2F3N2O. The molecule has 0 bridgehead atoms. The van der Waals surface area contributed by atoms with Gasteiger partial charge >= 0.3 is 6.18 Å². The van der Waals surface area contributed by atoms with Crippen molar-refractivity contribution in [2.24, 2.45) is 0 Å². The summed E-state index contributed by atoms with van der Waals surface area (Å²) in [5, 5.41) is 11.4. The molecule has 8 heteroatoms. The monoisotopic (exact) mass is 446 g/mol. The lowest BCUT2D eigenvalue weighted by Crippen LogP contribution is -2.48. The Balaban J connectivity index is 1.43. The predicted octanol–water partition coefficient (Wildman–Crippen LogP) is 4.73. The topological polar surface area (TPSA) is 26.7 Å². The van der Waals surface area contributed by atoms with E-state index in [0.717, 1.165) is 50.4 Å². The third-order valence-electron chi connectivity index (χ3n) is 5.08. The predicted molar refractivity (Wildman–Crippen MR) is 109 cm³/mol. The van der Waals surface area contributed by atoms with Crippen LogP contribution in [0, 0.1) is 0 Å². The third-order valence-corrected chi connectivity index (χ3v) is 5.82. The molecule has 0 aromatic heterocycles. The maximum absolute atomic E-state index is 12.6. The zero-order valence-electron chi connectivity index (χ0n) is 15.8. The Kier molecular flexibility index (Phi) is 7.46. The van der Waals surface area contributed by atoms with E-state index in [-0.39, 0.29) is 0 Å². The normalized spacial score (nSPS) is 17.4. The van der Waals surface area contributed by atoms with Gasteiger partial charge in [0.15, 0.2) is 0 Å². The van der Waals surface area contributed by atoms with Crippen molar-refractivity contribution in [3.8, 4) is 0 Å². The third kappa shape index (κ3) is 6.59. The maximum atomic E-state index is 12.6. The lowest BCUT2D eigenvalue weighted by Gasteiger charge is -2.35. The van der Waals surface area contributed by atoms with Gasteiger partial charge in [0.2, 0.25) is 0 Å². The first kappa shape index (κ1) is 22.4. The summed E-state index contributed by atoms with van der Waals surface area (Å²) < 4.78 is 37.9. The van der Waals surface area contributed by atoms with Crippen molar-refractivity contribution < 1.29 is 18.3 Å². The van der Waals surface area contributed by atoms with Crippen LogP contribution in [0.1, 0.15) is 16.7 Å². The number of rotatable bonds is 6. The molecule has 0 saturated carbocycles. The molecule has 1 aliphatic rings. The minimum atomic E-state index is -4.34. The number of alkyl halides is 3. The molecular weight excluding hydrogens is 424 g/mol. The van der Waals surface area contributed by atoms with Crippen LogP contribution in [-0.2, 0) is 19.1 Å². The van der Waals surface area contributed by atoms with Gasteiger partial charge in [-0.15, -0.1) is 0 Å². The zero-order chi connectivity index (χ0) is 21.0. The van der Waals surface area contributed by atoms with Gasteiger partial charge in [0.25, 0.3) is 0 Å². The molecule has 0 amide bonds. The molecule has 0 unspecified atom stereocenters. The van der Waals surface area contributed by atoms with Crippen LogP contribution in [0.25, 0.3) is 0 Å². The standard InChI is InChI=1S/C21H23Cl2F3N2O/c22-19-6-3-16(12-20(19)23)13-27-7-9-28(10-8-27)14-18(29)11-15-1-4-17(5-2-15)21(24,25)26/h1-6,12,18,29H,7-11,13-14H2/t18-/m1/s1. The SMILES string of the molecule is O[C@H](Cc1ccc(C(F)(F)F)cc1)CN1CCN(Cc2ccc(Cl)c(Cl)c2)CC1. The number of piperazine rings is 1. The summed E-state index contributed by atoms with van der Waals surface area (Å²) in [5.74, 6) is 0.